The third-order valence-corrected chi connectivity index (χ3v) is 3.24. The molecule has 0 saturated heterocycles. The van der Waals surface area contributed by atoms with E-state index < -0.39 is 5.91 Å². The molecule has 2 rings (SSSR count). The predicted molar refractivity (Wildman–Crippen MR) is 75.4 cm³/mol. The van der Waals surface area contributed by atoms with Crippen molar-refractivity contribution in [3.05, 3.63) is 46.5 Å². The van der Waals surface area contributed by atoms with Crippen LogP contribution in [0.25, 0.3) is 0 Å². The van der Waals surface area contributed by atoms with E-state index in [0.29, 0.717) is 0 Å². The maximum absolute atomic E-state index is 12.1. The van der Waals surface area contributed by atoms with E-state index in [2.05, 4.69) is 20.8 Å². The molecular weight excluding hydrogens is 280 g/mol. The largest absolute Gasteiger partial charge is 0.355 e. The number of hydrogen-bond donors (Lipinski definition) is 2. The molecule has 2 amide bonds. The molecule has 8 heteroatoms. The van der Waals surface area contributed by atoms with E-state index in [9.17, 15) is 14.5 Å². The predicted octanol–water partition coefficient (Wildman–Crippen LogP) is 2.15. The summed E-state index contributed by atoms with van der Waals surface area (Å²) in [7, 11) is 1.49. The molecule has 0 aliphatic rings. The molecule has 20 heavy (non-hydrogen) atoms. The fourth-order valence-corrected chi connectivity index (χ4v) is 2.13. The molecule has 102 valence electrons. The average Bonchev–Trinajstić information content (AvgIpc) is 2.94. The van der Waals surface area contributed by atoms with E-state index in [1.54, 1.807) is 18.2 Å². The first-order chi connectivity index (χ1) is 9.65. The SMILES string of the molecule is CNC(=O)c1ccccc1C(=O)Nc1ncc(N=O)s1. The van der Waals surface area contributed by atoms with E-state index in [1.165, 1.54) is 19.3 Å². The number of amides is 2. The van der Waals surface area contributed by atoms with Crippen LogP contribution in [0.4, 0.5) is 10.1 Å². The number of nitroso groups, excluding NO2 is 1. The van der Waals surface area contributed by atoms with Gasteiger partial charge in [-0.25, -0.2) is 4.98 Å². The van der Waals surface area contributed by atoms with Crippen molar-refractivity contribution in [1.82, 2.24) is 10.3 Å². The van der Waals surface area contributed by atoms with Gasteiger partial charge in [0.15, 0.2) is 10.1 Å². The minimum absolute atomic E-state index is 0.167. The van der Waals surface area contributed by atoms with Crippen LogP contribution in [0.5, 0.6) is 0 Å². The van der Waals surface area contributed by atoms with Crippen LogP contribution in [0.3, 0.4) is 0 Å². The minimum atomic E-state index is -0.476. The third kappa shape index (κ3) is 2.86. The lowest BCUT2D eigenvalue weighted by molar-refractivity contribution is 0.0948. The number of carbonyl (C=O) groups excluding carboxylic acids is 2. The second-order valence-electron chi connectivity index (χ2n) is 3.67. The van der Waals surface area contributed by atoms with Crippen LogP contribution >= 0.6 is 11.3 Å². The topological polar surface area (TPSA) is 101 Å². The molecule has 0 aliphatic carbocycles. The molecule has 0 saturated carbocycles. The number of carbonyl (C=O) groups is 2. The molecule has 0 bridgehead atoms. The van der Waals surface area contributed by atoms with Crippen molar-refractivity contribution in [2.75, 3.05) is 12.4 Å². The van der Waals surface area contributed by atoms with Crippen molar-refractivity contribution in [3.8, 4) is 0 Å². The smallest absolute Gasteiger partial charge is 0.258 e. The van der Waals surface area contributed by atoms with E-state index in [0.717, 1.165) is 11.3 Å². The quantitative estimate of drug-likeness (QED) is 0.842. The molecule has 0 aliphatic heterocycles. The molecule has 2 aromatic rings. The Morgan fingerprint density at radius 3 is 2.40 bits per heavy atom. The molecular formula is C12H10N4O3S. The van der Waals surface area contributed by atoms with Crippen molar-refractivity contribution in [1.29, 1.82) is 0 Å². The van der Waals surface area contributed by atoms with Gasteiger partial charge in [-0.1, -0.05) is 23.5 Å². The number of hydrogen-bond acceptors (Lipinski definition) is 6. The normalized spacial score (nSPS) is 9.85. The second kappa shape index (κ2) is 6.02. The molecule has 7 nitrogen and oxygen atoms in total. The van der Waals surface area contributed by atoms with Crippen molar-refractivity contribution < 1.29 is 9.59 Å². The van der Waals surface area contributed by atoms with Gasteiger partial charge < -0.3 is 5.32 Å². The van der Waals surface area contributed by atoms with Crippen LogP contribution in [0.2, 0.25) is 0 Å². The lowest BCUT2D eigenvalue weighted by Gasteiger charge is -2.07. The summed E-state index contributed by atoms with van der Waals surface area (Å²) in [5.41, 5.74) is 0.487. The highest BCUT2D eigenvalue weighted by Crippen LogP contribution is 2.26. The summed E-state index contributed by atoms with van der Waals surface area (Å²) in [4.78, 5) is 38.0. The Morgan fingerprint density at radius 1 is 1.20 bits per heavy atom. The Hall–Kier alpha value is -2.61. The Labute approximate surface area is 118 Å². The molecule has 0 unspecified atom stereocenters. The van der Waals surface area contributed by atoms with Gasteiger partial charge in [-0.15, -0.1) is 4.91 Å². The maximum atomic E-state index is 12.1. The molecule has 0 atom stereocenters. The third-order valence-electron chi connectivity index (χ3n) is 2.45. The summed E-state index contributed by atoms with van der Waals surface area (Å²) in [6.45, 7) is 0. The monoisotopic (exact) mass is 290 g/mol. The number of thiazole rings is 1. The zero-order valence-corrected chi connectivity index (χ0v) is 11.2. The Morgan fingerprint density at radius 2 is 1.85 bits per heavy atom. The van der Waals surface area contributed by atoms with Crippen LogP contribution in [0, 0.1) is 4.91 Å². The van der Waals surface area contributed by atoms with E-state index in [-0.39, 0.29) is 27.2 Å². The number of rotatable bonds is 4. The Kier molecular flexibility index (Phi) is 4.16. The maximum Gasteiger partial charge on any atom is 0.258 e. The lowest BCUT2D eigenvalue weighted by Crippen LogP contribution is -2.23. The standard InChI is InChI=1S/C12H10N4O3S/c1-13-10(17)7-4-2-3-5-8(7)11(18)15-12-14-6-9(16-19)20-12/h2-6H,1H3,(H,13,17)(H,14,15,18). The number of benzene rings is 1. The highest BCUT2D eigenvalue weighted by Gasteiger charge is 2.16. The zero-order valence-electron chi connectivity index (χ0n) is 10.4. The van der Waals surface area contributed by atoms with Gasteiger partial charge in [0, 0.05) is 7.05 Å². The van der Waals surface area contributed by atoms with Crippen molar-refractivity contribution in [2.24, 2.45) is 5.18 Å². The Bertz CT molecular complexity index is 668. The van der Waals surface area contributed by atoms with Gasteiger partial charge in [-0.2, -0.15) is 0 Å². The van der Waals surface area contributed by atoms with E-state index in [4.69, 9.17) is 0 Å². The first-order valence-electron chi connectivity index (χ1n) is 5.57. The van der Waals surface area contributed by atoms with Crippen LogP contribution < -0.4 is 10.6 Å². The van der Waals surface area contributed by atoms with Gasteiger partial charge in [0.05, 0.1) is 17.3 Å². The first kappa shape index (κ1) is 13.8. The van der Waals surface area contributed by atoms with Crippen molar-refractivity contribution >= 4 is 33.3 Å². The zero-order chi connectivity index (χ0) is 14.5. The highest BCUT2D eigenvalue weighted by atomic mass is 32.1. The summed E-state index contributed by atoms with van der Waals surface area (Å²) >= 11 is 0.953. The van der Waals surface area contributed by atoms with Gasteiger partial charge >= 0.3 is 0 Å². The lowest BCUT2D eigenvalue weighted by atomic mass is 10.1. The molecule has 0 radical (unpaired) electrons. The van der Waals surface area contributed by atoms with Gasteiger partial charge in [0.2, 0.25) is 0 Å². The average molecular weight is 290 g/mol. The Balaban J connectivity index is 2.25. The summed E-state index contributed by atoms with van der Waals surface area (Å²) < 4.78 is 0. The van der Waals surface area contributed by atoms with Crippen LogP contribution in [-0.4, -0.2) is 23.8 Å². The van der Waals surface area contributed by atoms with Crippen LogP contribution in [0.15, 0.2) is 35.6 Å². The summed E-state index contributed by atoms with van der Waals surface area (Å²) in [5.74, 6) is -0.832. The van der Waals surface area contributed by atoms with Crippen molar-refractivity contribution in [3.63, 3.8) is 0 Å². The van der Waals surface area contributed by atoms with Crippen LogP contribution in [-0.2, 0) is 0 Å². The van der Waals surface area contributed by atoms with Gasteiger partial charge in [-0.3, -0.25) is 14.9 Å². The molecule has 1 aromatic heterocycles. The second-order valence-corrected chi connectivity index (χ2v) is 4.68. The van der Waals surface area contributed by atoms with Crippen molar-refractivity contribution in [2.45, 2.75) is 0 Å². The fourth-order valence-electron chi connectivity index (χ4n) is 1.54. The van der Waals surface area contributed by atoms with Gasteiger partial charge in [0.25, 0.3) is 11.8 Å². The number of nitrogens with zero attached hydrogens (tertiary/aromatic N) is 2. The first-order valence-corrected chi connectivity index (χ1v) is 6.39. The number of anilines is 1. The molecule has 2 N–H and O–H groups in total. The molecule has 0 spiro atoms. The van der Waals surface area contributed by atoms with Gasteiger partial charge in [-0.05, 0) is 17.3 Å². The molecule has 0 fully saturated rings. The summed E-state index contributed by atoms with van der Waals surface area (Å²) in [5, 5.41) is 8.12. The number of nitrogens with one attached hydrogen (secondary N) is 2. The van der Waals surface area contributed by atoms with Crippen LogP contribution in [0.1, 0.15) is 20.7 Å². The number of aromatic nitrogens is 1. The minimum Gasteiger partial charge on any atom is -0.355 e. The fraction of sp³-hybridized carbons (Fsp3) is 0.0833. The highest BCUT2D eigenvalue weighted by molar-refractivity contribution is 7.19. The summed E-state index contributed by atoms with van der Waals surface area (Å²) in [6, 6.07) is 6.40. The van der Waals surface area contributed by atoms with Gasteiger partial charge in [0.1, 0.15) is 0 Å². The summed E-state index contributed by atoms with van der Waals surface area (Å²) in [6.07, 6.45) is 1.26. The molecule has 1 heterocycles. The van der Waals surface area contributed by atoms with E-state index >= 15 is 0 Å². The molecule has 1 aromatic carbocycles. The van der Waals surface area contributed by atoms with E-state index in [1.807, 2.05) is 0 Å².